The number of benzene rings is 2. The van der Waals surface area contributed by atoms with E-state index in [0.717, 1.165) is 12.8 Å². The highest BCUT2D eigenvalue weighted by molar-refractivity contribution is 5.81. The second-order valence-electron chi connectivity index (χ2n) is 8.66. The van der Waals surface area contributed by atoms with Gasteiger partial charge in [0.2, 0.25) is 5.69 Å². The summed E-state index contributed by atoms with van der Waals surface area (Å²) in [6.45, 7) is 7.62. The first-order valence-corrected chi connectivity index (χ1v) is 11.6. The van der Waals surface area contributed by atoms with Crippen molar-refractivity contribution in [1.29, 1.82) is 0 Å². The molecule has 1 aromatic heterocycles. The topological polar surface area (TPSA) is 57.7 Å². The minimum Gasteiger partial charge on any atom is -0.497 e. The van der Waals surface area contributed by atoms with Crippen LogP contribution in [0.4, 0.5) is 10.1 Å². The van der Waals surface area contributed by atoms with Gasteiger partial charge in [-0.2, -0.15) is 4.98 Å². The summed E-state index contributed by atoms with van der Waals surface area (Å²) in [6.07, 6.45) is 7.09. The number of ether oxygens (including phenoxy) is 2. The Balaban J connectivity index is 1.80. The Morgan fingerprint density at radius 1 is 1.09 bits per heavy atom. The summed E-state index contributed by atoms with van der Waals surface area (Å²) in [5.41, 5.74) is 1.33. The average Bonchev–Trinajstić information content (AvgIpc) is 3.14. The maximum atomic E-state index is 14.5. The van der Waals surface area contributed by atoms with Crippen molar-refractivity contribution in [3.63, 3.8) is 0 Å². The van der Waals surface area contributed by atoms with Gasteiger partial charge in [-0.3, -0.25) is 9.36 Å². The van der Waals surface area contributed by atoms with Crippen LogP contribution in [-0.2, 0) is 7.05 Å². The van der Waals surface area contributed by atoms with Gasteiger partial charge >= 0.3 is 0 Å². The normalized spacial score (nSPS) is 14.3. The predicted molar refractivity (Wildman–Crippen MR) is 130 cm³/mol. The van der Waals surface area contributed by atoms with Crippen molar-refractivity contribution in [2.24, 2.45) is 13.0 Å². The van der Waals surface area contributed by atoms with Crippen LogP contribution in [0.5, 0.6) is 11.8 Å². The Morgan fingerprint density at radius 3 is 2.38 bits per heavy atom. The molecule has 176 valence electrons. The molecule has 1 saturated carbocycles. The lowest BCUT2D eigenvalue weighted by Gasteiger charge is -2.18. The van der Waals surface area contributed by atoms with Gasteiger partial charge in [0, 0.05) is 12.6 Å². The fourth-order valence-corrected chi connectivity index (χ4v) is 4.41. The first-order valence-electron chi connectivity index (χ1n) is 11.6. The molecule has 0 bridgehead atoms. The minimum atomic E-state index is -0.656. The molecule has 1 aliphatic carbocycles. The van der Waals surface area contributed by atoms with E-state index in [4.69, 9.17) is 21.0 Å². The molecule has 1 heterocycles. The van der Waals surface area contributed by atoms with Gasteiger partial charge in [0.1, 0.15) is 11.6 Å². The van der Waals surface area contributed by atoms with Gasteiger partial charge in [-0.1, -0.05) is 49.9 Å². The molecular weight excluding hydrogens is 433 g/mol. The van der Waals surface area contributed by atoms with Crippen LogP contribution in [0, 0.1) is 18.3 Å². The highest BCUT2D eigenvalue weighted by Crippen LogP contribution is 2.33. The van der Waals surface area contributed by atoms with Crippen molar-refractivity contribution in [2.45, 2.75) is 38.5 Å². The van der Waals surface area contributed by atoms with E-state index in [2.05, 4.69) is 4.85 Å². The number of methoxy groups -OCH3 is 1. The standard InChI is InChI=1S/C27H28FN3O3/c1-29-23-15-12-20(16-22(23)28)25-24(19-10-13-21(33-3)14-11-19)26(32)31(2)27(30-25)34-17-18-8-6-4-5-7-9-18/h10-16,18H,4-9,17H2,2-3H3. The van der Waals surface area contributed by atoms with Crippen LogP contribution in [0.15, 0.2) is 47.3 Å². The molecule has 0 unspecified atom stereocenters. The van der Waals surface area contributed by atoms with E-state index in [1.165, 1.54) is 42.4 Å². The van der Waals surface area contributed by atoms with E-state index in [-0.39, 0.29) is 17.3 Å². The molecule has 0 radical (unpaired) electrons. The summed E-state index contributed by atoms with van der Waals surface area (Å²) < 4.78 is 27.2. The van der Waals surface area contributed by atoms with E-state index < -0.39 is 5.82 Å². The highest BCUT2D eigenvalue weighted by atomic mass is 19.1. The Hall–Kier alpha value is -3.66. The quantitative estimate of drug-likeness (QED) is 0.326. The van der Waals surface area contributed by atoms with Crippen molar-refractivity contribution in [1.82, 2.24) is 9.55 Å². The van der Waals surface area contributed by atoms with Crippen molar-refractivity contribution in [3.8, 4) is 34.1 Å². The molecular formula is C27H28FN3O3. The SMILES string of the molecule is [C-]#[N+]c1ccc(-c2nc(OCC3CCCCCC3)n(C)c(=O)c2-c2ccc(OC)cc2)cc1F. The molecule has 6 nitrogen and oxygen atoms in total. The lowest BCUT2D eigenvalue weighted by Crippen LogP contribution is -2.25. The average molecular weight is 462 g/mol. The molecule has 3 aromatic rings. The van der Waals surface area contributed by atoms with Gasteiger partial charge in [0.25, 0.3) is 11.6 Å². The number of hydrogen-bond donors (Lipinski definition) is 0. The molecule has 0 amide bonds. The zero-order valence-corrected chi connectivity index (χ0v) is 19.5. The molecule has 0 N–H and O–H groups in total. The van der Waals surface area contributed by atoms with Crippen LogP contribution >= 0.6 is 0 Å². The number of hydrogen-bond acceptors (Lipinski definition) is 4. The summed E-state index contributed by atoms with van der Waals surface area (Å²) >= 11 is 0. The molecule has 0 atom stereocenters. The fraction of sp³-hybridized carbons (Fsp3) is 0.370. The minimum absolute atomic E-state index is 0.0802. The molecule has 0 aliphatic heterocycles. The highest BCUT2D eigenvalue weighted by Gasteiger charge is 2.21. The van der Waals surface area contributed by atoms with Gasteiger partial charge < -0.3 is 9.47 Å². The number of nitrogens with zero attached hydrogens (tertiary/aromatic N) is 3. The van der Waals surface area contributed by atoms with Gasteiger partial charge in [0.15, 0.2) is 0 Å². The van der Waals surface area contributed by atoms with Gasteiger partial charge in [0.05, 0.1) is 31.5 Å². The molecule has 4 rings (SSSR count). The van der Waals surface area contributed by atoms with E-state index in [1.54, 1.807) is 44.5 Å². The molecule has 7 heteroatoms. The lowest BCUT2D eigenvalue weighted by atomic mass is 10.00. The van der Waals surface area contributed by atoms with Crippen LogP contribution in [0.1, 0.15) is 38.5 Å². The maximum Gasteiger partial charge on any atom is 0.299 e. The lowest BCUT2D eigenvalue weighted by molar-refractivity contribution is 0.209. The second kappa shape index (κ2) is 10.5. The largest absolute Gasteiger partial charge is 0.497 e. The molecule has 0 spiro atoms. The van der Waals surface area contributed by atoms with E-state index in [9.17, 15) is 9.18 Å². The molecule has 1 fully saturated rings. The van der Waals surface area contributed by atoms with E-state index >= 15 is 0 Å². The first kappa shape index (κ1) is 23.5. The monoisotopic (exact) mass is 461 g/mol. The summed E-state index contributed by atoms with van der Waals surface area (Å²) in [5.74, 6) is 0.432. The summed E-state index contributed by atoms with van der Waals surface area (Å²) in [4.78, 5) is 21.4. The summed E-state index contributed by atoms with van der Waals surface area (Å²) in [5, 5.41) is 0. The Bertz CT molecular complexity index is 1250. The molecule has 1 aliphatic rings. The number of aromatic nitrogens is 2. The third kappa shape index (κ3) is 4.96. The molecule has 2 aromatic carbocycles. The smallest absolute Gasteiger partial charge is 0.299 e. The van der Waals surface area contributed by atoms with E-state index in [1.807, 2.05) is 0 Å². The van der Waals surface area contributed by atoms with Gasteiger partial charge in [-0.05, 0) is 42.5 Å². The van der Waals surface area contributed by atoms with Crippen molar-refractivity contribution in [2.75, 3.05) is 13.7 Å². The van der Waals surface area contributed by atoms with Crippen LogP contribution in [-0.4, -0.2) is 23.3 Å². The van der Waals surface area contributed by atoms with Crippen LogP contribution in [0.2, 0.25) is 0 Å². The van der Waals surface area contributed by atoms with Gasteiger partial charge in [-0.25, -0.2) is 9.24 Å². The third-order valence-electron chi connectivity index (χ3n) is 6.39. The van der Waals surface area contributed by atoms with Crippen LogP contribution in [0.25, 0.3) is 27.2 Å². The Labute approximate surface area is 198 Å². The zero-order valence-electron chi connectivity index (χ0n) is 19.5. The molecule has 34 heavy (non-hydrogen) atoms. The van der Waals surface area contributed by atoms with Crippen molar-refractivity contribution in [3.05, 3.63) is 70.1 Å². The van der Waals surface area contributed by atoms with Crippen molar-refractivity contribution >= 4 is 5.69 Å². The second-order valence-corrected chi connectivity index (χ2v) is 8.66. The Morgan fingerprint density at radius 2 is 1.76 bits per heavy atom. The first-order chi connectivity index (χ1) is 16.5. The molecule has 0 saturated heterocycles. The van der Waals surface area contributed by atoms with Crippen molar-refractivity contribution < 1.29 is 13.9 Å². The summed E-state index contributed by atoms with van der Waals surface area (Å²) in [6, 6.07) is 11.5. The predicted octanol–water partition coefficient (Wildman–Crippen LogP) is 6.16. The third-order valence-corrected chi connectivity index (χ3v) is 6.39. The van der Waals surface area contributed by atoms with Crippen LogP contribution in [0.3, 0.4) is 0 Å². The van der Waals surface area contributed by atoms with E-state index in [0.29, 0.717) is 40.7 Å². The zero-order chi connectivity index (χ0) is 24.1. The van der Waals surface area contributed by atoms with Crippen LogP contribution < -0.4 is 15.0 Å². The Kier molecular flexibility index (Phi) is 7.27. The van der Waals surface area contributed by atoms with Gasteiger partial charge in [-0.15, -0.1) is 0 Å². The fourth-order valence-electron chi connectivity index (χ4n) is 4.41. The number of rotatable bonds is 6. The number of halogens is 1. The maximum absolute atomic E-state index is 14.5. The summed E-state index contributed by atoms with van der Waals surface area (Å²) in [7, 11) is 3.21.